The first-order chi connectivity index (χ1) is 15.5. The predicted molar refractivity (Wildman–Crippen MR) is 133 cm³/mol. The summed E-state index contributed by atoms with van der Waals surface area (Å²) in [5, 5.41) is 1.26. The van der Waals surface area contributed by atoms with Gasteiger partial charge in [-0.3, -0.25) is 9.69 Å². The van der Waals surface area contributed by atoms with Crippen molar-refractivity contribution in [1.82, 2.24) is 4.90 Å². The molecule has 0 spiro atoms. The first kappa shape index (κ1) is 23.4. The molecule has 6 heteroatoms. The van der Waals surface area contributed by atoms with Crippen molar-refractivity contribution in [1.29, 1.82) is 0 Å². The highest BCUT2D eigenvalue weighted by molar-refractivity contribution is 6.43. The summed E-state index contributed by atoms with van der Waals surface area (Å²) in [4.78, 5) is 16.8. The molecule has 2 aromatic carbocycles. The molecule has 1 atom stereocenters. The Morgan fingerprint density at radius 1 is 1.06 bits per heavy atom. The molecule has 0 saturated carbocycles. The number of Topliss-reactive ketones (excluding diaryl/α,β-unsaturated/α-hetero) is 1. The van der Waals surface area contributed by atoms with Crippen molar-refractivity contribution in [3.63, 3.8) is 0 Å². The molecule has 172 valence electrons. The molecule has 2 aliphatic rings. The van der Waals surface area contributed by atoms with Crippen LogP contribution in [-0.4, -0.2) is 50.0 Å². The fourth-order valence-electron chi connectivity index (χ4n) is 4.83. The van der Waals surface area contributed by atoms with E-state index >= 15 is 0 Å². The molecule has 1 aliphatic heterocycles. The summed E-state index contributed by atoms with van der Waals surface area (Å²) in [6.45, 7) is 7.93. The lowest BCUT2D eigenvalue weighted by Gasteiger charge is -2.36. The lowest BCUT2D eigenvalue weighted by Crippen LogP contribution is -2.46. The van der Waals surface area contributed by atoms with E-state index in [1.165, 1.54) is 5.56 Å². The van der Waals surface area contributed by atoms with Crippen LogP contribution >= 0.6 is 23.2 Å². The summed E-state index contributed by atoms with van der Waals surface area (Å²) in [6.07, 6.45) is 4.38. The van der Waals surface area contributed by atoms with Gasteiger partial charge in [-0.1, -0.05) is 42.3 Å². The number of benzene rings is 2. The van der Waals surface area contributed by atoms with Crippen LogP contribution in [0, 0.1) is 0 Å². The minimum atomic E-state index is 0.347. The second kappa shape index (κ2) is 10.9. The zero-order valence-electron chi connectivity index (χ0n) is 18.8. The number of fused-ring (bicyclic) bond motifs is 1. The summed E-state index contributed by atoms with van der Waals surface area (Å²) in [5.74, 6) is 1.61. The van der Waals surface area contributed by atoms with E-state index in [9.17, 15) is 4.79 Å². The molecule has 0 bridgehead atoms. The Balaban J connectivity index is 1.17. The zero-order valence-corrected chi connectivity index (χ0v) is 20.3. The molecule has 4 rings (SSSR count). The third kappa shape index (κ3) is 5.59. The Hall–Kier alpha value is -1.75. The van der Waals surface area contributed by atoms with E-state index in [1.54, 1.807) is 0 Å². The summed E-state index contributed by atoms with van der Waals surface area (Å²) in [5.41, 5.74) is 3.52. The Bertz CT molecular complexity index is 941. The number of carbonyl (C=O) groups is 1. The summed E-state index contributed by atoms with van der Waals surface area (Å²) in [7, 11) is 0. The average molecular weight is 475 g/mol. The van der Waals surface area contributed by atoms with Gasteiger partial charge in [-0.25, -0.2) is 0 Å². The highest BCUT2D eigenvalue weighted by Gasteiger charge is 2.24. The lowest BCUT2D eigenvalue weighted by molar-refractivity contribution is -0.119. The van der Waals surface area contributed by atoms with E-state index < -0.39 is 0 Å². The normalized spacial score (nSPS) is 19.2. The van der Waals surface area contributed by atoms with Crippen LogP contribution in [0.1, 0.15) is 49.7 Å². The van der Waals surface area contributed by atoms with E-state index in [1.807, 2.05) is 18.2 Å². The Morgan fingerprint density at radius 3 is 2.66 bits per heavy atom. The van der Waals surface area contributed by atoms with Crippen LogP contribution in [0.25, 0.3) is 0 Å². The highest BCUT2D eigenvalue weighted by Crippen LogP contribution is 2.35. The van der Waals surface area contributed by atoms with Crippen molar-refractivity contribution in [3.05, 3.63) is 57.6 Å². The topological polar surface area (TPSA) is 32.8 Å². The fraction of sp³-hybridized carbons (Fsp3) is 0.500. The molecule has 32 heavy (non-hydrogen) atoms. The van der Waals surface area contributed by atoms with Crippen LogP contribution in [0.4, 0.5) is 5.69 Å². The van der Waals surface area contributed by atoms with Gasteiger partial charge in [0.15, 0.2) is 0 Å². The molecule has 1 heterocycles. The number of ether oxygens (including phenoxy) is 1. The third-order valence-corrected chi connectivity index (χ3v) is 7.50. The van der Waals surface area contributed by atoms with Crippen LogP contribution < -0.4 is 9.64 Å². The number of unbranched alkanes of at least 4 members (excludes halogenated alkanes) is 1. The van der Waals surface area contributed by atoms with Gasteiger partial charge in [0.05, 0.1) is 22.3 Å². The first-order valence-electron chi connectivity index (χ1n) is 11.7. The van der Waals surface area contributed by atoms with Gasteiger partial charge in [0.1, 0.15) is 11.5 Å². The standard InChI is InChI=1S/C26H32Cl2N2O2/c1-2-19-16-21(31)17-20-18-22(8-9-23(19)20)32-15-4-3-10-29-11-13-30(14-12-29)25-7-5-6-24(27)26(25)28/h5-9,18-19H,2-4,10-17H2,1H3. The van der Waals surface area contributed by atoms with E-state index in [-0.39, 0.29) is 0 Å². The average Bonchev–Trinajstić information content (AvgIpc) is 2.80. The first-order valence-corrected chi connectivity index (χ1v) is 12.5. The van der Waals surface area contributed by atoms with Crippen molar-refractivity contribution in [2.45, 2.75) is 44.9 Å². The van der Waals surface area contributed by atoms with Gasteiger partial charge >= 0.3 is 0 Å². The molecule has 1 aliphatic carbocycles. The molecule has 0 amide bonds. The van der Waals surface area contributed by atoms with Crippen molar-refractivity contribution in [2.24, 2.45) is 0 Å². The number of anilines is 1. The van der Waals surface area contributed by atoms with Crippen LogP contribution in [0.2, 0.25) is 10.0 Å². The van der Waals surface area contributed by atoms with Crippen LogP contribution in [0.5, 0.6) is 5.75 Å². The molecule has 1 fully saturated rings. The van der Waals surface area contributed by atoms with E-state index in [2.05, 4.69) is 34.9 Å². The number of ketones is 1. The van der Waals surface area contributed by atoms with Gasteiger partial charge in [0.2, 0.25) is 0 Å². The van der Waals surface area contributed by atoms with Crippen molar-refractivity contribution >= 4 is 34.7 Å². The summed E-state index contributed by atoms with van der Waals surface area (Å²) in [6, 6.07) is 12.1. The number of rotatable bonds is 8. The third-order valence-electron chi connectivity index (χ3n) is 6.69. The monoisotopic (exact) mass is 474 g/mol. The molecule has 2 aromatic rings. The van der Waals surface area contributed by atoms with Crippen molar-refractivity contribution < 1.29 is 9.53 Å². The lowest BCUT2D eigenvalue weighted by atomic mass is 9.81. The summed E-state index contributed by atoms with van der Waals surface area (Å²) >= 11 is 12.5. The van der Waals surface area contributed by atoms with Crippen LogP contribution in [-0.2, 0) is 11.2 Å². The van der Waals surface area contributed by atoms with Gasteiger partial charge in [0, 0.05) is 39.0 Å². The minimum absolute atomic E-state index is 0.347. The molecule has 1 saturated heterocycles. The summed E-state index contributed by atoms with van der Waals surface area (Å²) < 4.78 is 6.00. The molecule has 0 N–H and O–H groups in total. The van der Waals surface area contributed by atoms with E-state index in [4.69, 9.17) is 27.9 Å². The zero-order chi connectivity index (χ0) is 22.5. The molecule has 1 unspecified atom stereocenters. The van der Waals surface area contributed by atoms with Crippen molar-refractivity contribution in [2.75, 3.05) is 44.2 Å². The number of carbonyl (C=O) groups excluding carboxylic acids is 1. The second-order valence-corrected chi connectivity index (χ2v) is 9.63. The number of nitrogens with zero attached hydrogens (tertiary/aromatic N) is 2. The van der Waals surface area contributed by atoms with E-state index in [0.717, 1.165) is 69.0 Å². The number of hydrogen-bond donors (Lipinski definition) is 0. The van der Waals surface area contributed by atoms with Crippen LogP contribution in [0.3, 0.4) is 0 Å². The molecule has 4 nitrogen and oxygen atoms in total. The molecule has 0 radical (unpaired) electrons. The minimum Gasteiger partial charge on any atom is -0.494 e. The smallest absolute Gasteiger partial charge is 0.137 e. The fourth-order valence-corrected chi connectivity index (χ4v) is 5.25. The number of piperazine rings is 1. The SMILES string of the molecule is CCC1CC(=O)Cc2cc(OCCCCN3CCN(c4cccc(Cl)c4Cl)CC3)ccc21. The number of halogens is 2. The van der Waals surface area contributed by atoms with Gasteiger partial charge in [-0.15, -0.1) is 0 Å². The molecular formula is C26H32Cl2N2O2. The predicted octanol–water partition coefficient (Wildman–Crippen LogP) is 5.98. The Kier molecular flexibility index (Phi) is 7.98. The molecule has 0 aromatic heterocycles. The van der Waals surface area contributed by atoms with Crippen molar-refractivity contribution in [3.8, 4) is 5.75 Å². The van der Waals surface area contributed by atoms with Gasteiger partial charge in [-0.05, 0) is 67.1 Å². The van der Waals surface area contributed by atoms with Gasteiger partial charge in [0.25, 0.3) is 0 Å². The second-order valence-electron chi connectivity index (χ2n) is 8.84. The maximum Gasteiger partial charge on any atom is 0.137 e. The van der Waals surface area contributed by atoms with Gasteiger partial charge in [-0.2, -0.15) is 0 Å². The maximum atomic E-state index is 12.0. The maximum absolute atomic E-state index is 12.0. The highest BCUT2D eigenvalue weighted by atomic mass is 35.5. The molecular weight excluding hydrogens is 443 g/mol. The van der Waals surface area contributed by atoms with Crippen LogP contribution in [0.15, 0.2) is 36.4 Å². The quantitative estimate of drug-likeness (QED) is 0.440. The Labute approximate surface area is 201 Å². The van der Waals surface area contributed by atoms with E-state index in [0.29, 0.717) is 41.2 Å². The number of hydrogen-bond acceptors (Lipinski definition) is 4. The van der Waals surface area contributed by atoms with Gasteiger partial charge < -0.3 is 9.64 Å². The largest absolute Gasteiger partial charge is 0.494 e. The Morgan fingerprint density at radius 2 is 1.88 bits per heavy atom.